The minimum Gasteiger partial charge on any atom is -0.374 e. The SMILES string of the molecule is CC(=O)N(C[C@H]1C[C@H](OCc2ccccc2)[C@@H](COCc2ccccc2)O1)N=O. The Morgan fingerprint density at radius 2 is 1.69 bits per heavy atom. The average Bonchev–Trinajstić information content (AvgIpc) is 3.13. The number of nitroso groups, excluding NO2 is 1. The normalized spacial score (nSPS) is 21.1. The Labute approximate surface area is 170 Å². The van der Waals surface area contributed by atoms with Crippen LogP contribution in [-0.2, 0) is 32.2 Å². The summed E-state index contributed by atoms with van der Waals surface area (Å²) in [6.07, 6.45) is -0.252. The highest BCUT2D eigenvalue weighted by atomic mass is 16.6. The van der Waals surface area contributed by atoms with Gasteiger partial charge in [-0.05, 0) is 11.1 Å². The number of amides is 1. The highest BCUT2D eigenvalue weighted by Gasteiger charge is 2.37. The van der Waals surface area contributed by atoms with Crippen LogP contribution in [0.25, 0.3) is 0 Å². The lowest BCUT2D eigenvalue weighted by Crippen LogP contribution is -2.32. The van der Waals surface area contributed by atoms with Gasteiger partial charge in [0.05, 0.1) is 43.9 Å². The highest BCUT2D eigenvalue weighted by molar-refractivity contribution is 5.72. The number of hydrogen-bond acceptors (Lipinski definition) is 6. The van der Waals surface area contributed by atoms with E-state index in [9.17, 15) is 9.70 Å². The van der Waals surface area contributed by atoms with Crippen LogP contribution in [0.2, 0.25) is 0 Å². The van der Waals surface area contributed by atoms with E-state index in [0.29, 0.717) is 26.2 Å². The van der Waals surface area contributed by atoms with E-state index < -0.39 is 5.91 Å². The number of nitrogens with zero attached hydrogens (tertiary/aromatic N) is 2. The molecular weight excluding hydrogens is 372 g/mol. The fourth-order valence-electron chi connectivity index (χ4n) is 3.30. The van der Waals surface area contributed by atoms with E-state index in [-0.39, 0.29) is 24.9 Å². The second kappa shape index (κ2) is 10.8. The van der Waals surface area contributed by atoms with Gasteiger partial charge in [-0.1, -0.05) is 60.7 Å². The van der Waals surface area contributed by atoms with Gasteiger partial charge in [-0.15, -0.1) is 4.91 Å². The molecule has 7 heteroatoms. The van der Waals surface area contributed by atoms with Crippen molar-refractivity contribution in [1.82, 2.24) is 5.01 Å². The first kappa shape index (κ1) is 21.1. The van der Waals surface area contributed by atoms with Crippen LogP contribution in [0.5, 0.6) is 0 Å². The van der Waals surface area contributed by atoms with Gasteiger partial charge in [0, 0.05) is 13.3 Å². The first-order valence-corrected chi connectivity index (χ1v) is 9.69. The predicted octanol–water partition coefficient (Wildman–Crippen LogP) is 3.48. The molecule has 0 unspecified atom stereocenters. The summed E-state index contributed by atoms with van der Waals surface area (Å²) in [4.78, 5) is 22.4. The Balaban J connectivity index is 1.57. The maximum absolute atomic E-state index is 11.5. The Morgan fingerprint density at radius 3 is 2.28 bits per heavy atom. The largest absolute Gasteiger partial charge is 0.374 e. The van der Waals surface area contributed by atoms with Gasteiger partial charge in [-0.3, -0.25) is 4.79 Å². The van der Waals surface area contributed by atoms with Gasteiger partial charge in [-0.25, -0.2) is 0 Å². The van der Waals surface area contributed by atoms with Crippen LogP contribution in [0, 0.1) is 4.91 Å². The number of ether oxygens (including phenoxy) is 3. The van der Waals surface area contributed by atoms with Crippen molar-refractivity contribution in [2.75, 3.05) is 13.2 Å². The monoisotopic (exact) mass is 398 g/mol. The summed E-state index contributed by atoms with van der Waals surface area (Å²) in [5, 5.41) is 3.66. The second-order valence-corrected chi connectivity index (χ2v) is 7.05. The zero-order valence-electron chi connectivity index (χ0n) is 16.5. The van der Waals surface area contributed by atoms with Gasteiger partial charge < -0.3 is 14.2 Å². The first-order valence-electron chi connectivity index (χ1n) is 9.69. The fraction of sp³-hybridized carbons (Fsp3) is 0.409. The molecule has 154 valence electrons. The summed E-state index contributed by atoms with van der Waals surface area (Å²) in [5.74, 6) is -0.408. The molecule has 0 bridgehead atoms. The minimum absolute atomic E-state index is 0.110. The number of rotatable bonds is 10. The molecule has 2 aromatic carbocycles. The zero-order valence-corrected chi connectivity index (χ0v) is 16.5. The molecule has 0 aromatic heterocycles. The number of hydrogen-bond donors (Lipinski definition) is 0. The summed E-state index contributed by atoms with van der Waals surface area (Å²) in [6, 6.07) is 19.8. The molecule has 1 aliphatic rings. The summed E-state index contributed by atoms with van der Waals surface area (Å²) in [6.45, 7) is 2.71. The van der Waals surface area contributed by atoms with E-state index in [2.05, 4.69) is 5.29 Å². The molecule has 3 rings (SSSR count). The summed E-state index contributed by atoms with van der Waals surface area (Å²) in [5.41, 5.74) is 2.15. The third-order valence-electron chi connectivity index (χ3n) is 4.82. The Bertz CT molecular complexity index is 771. The fourth-order valence-corrected chi connectivity index (χ4v) is 3.30. The molecular formula is C22H26N2O5. The van der Waals surface area contributed by atoms with Crippen LogP contribution >= 0.6 is 0 Å². The van der Waals surface area contributed by atoms with Crippen molar-refractivity contribution in [3.63, 3.8) is 0 Å². The van der Waals surface area contributed by atoms with E-state index in [1.54, 1.807) is 0 Å². The van der Waals surface area contributed by atoms with E-state index >= 15 is 0 Å². The standard InChI is InChI=1S/C22H26N2O5/c1-17(25)24(23-26)13-20-12-21(28-15-19-10-6-3-7-11-19)22(29-20)16-27-14-18-8-4-2-5-9-18/h2-11,20-22H,12-16H2,1H3/t20-,21+,22-/m1/s1. The van der Waals surface area contributed by atoms with Crippen molar-refractivity contribution in [1.29, 1.82) is 0 Å². The van der Waals surface area contributed by atoms with Crippen LogP contribution in [-0.4, -0.2) is 42.4 Å². The Hall–Kier alpha value is -2.61. The molecule has 1 amide bonds. The molecule has 1 saturated heterocycles. The van der Waals surface area contributed by atoms with Crippen molar-refractivity contribution >= 4 is 5.91 Å². The van der Waals surface area contributed by atoms with E-state index in [0.717, 1.165) is 16.1 Å². The minimum atomic E-state index is -0.408. The van der Waals surface area contributed by atoms with Crippen LogP contribution in [0.3, 0.4) is 0 Å². The molecule has 1 aliphatic heterocycles. The molecule has 1 fully saturated rings. The van der Waals surface area contributed by atoms with E-state index in [4.69, 9.17) is 14.2 Å². The molecule has 3 atom stereocenters. The topological polar surface area (TPSA) is 77.4 Å². The highest BCUT2D eigenvalue weighted by Crippen LogP contribution is 2.26. The lowest BCUT2D eigenvalue weighted by atomic mass is 10.1. The second-order valence-electron chi connectivity index (χ2n) is 7.05. The van der Waals surface area contributed by atoms with Gasteiger partial charge in [0.2, 0.25) is 5.91 Å². The van der Waals surface area contributed by atoms with Crippen molar-refractivity contribution in [3.05, 3.63) is 76.7 Å². The molecule has 2 aromatic rings. The van der Waals surface area contributed by atoms with Crippen molar-refractivity contribution < 1.29 is 19.0 Å². The van der Waals surface area contributed by atoms with Crippen molar-refractivity contribution in [2.45, 2.75) is 44.9 Å². The number of carbonyl (C=O) groups excluding carboxylic acids is 1. The van der Waals surface area contributed by atoms with Gasteiger partial charge in [0.25, 0.3) is 0 Å². The maximum Gasteiger partial charge on any atom is 0.242 e. The lowest BCUT2D eigenvalue weighted by Gasteiger charge is -2.19. The third-order valence-corrected chi connectivity index (χ3v) is 4.82. The number of carbonyl (C=O) groups is 1. The van der Waals surface area contributed by atoms with Gasteiger partial charge in [-0.2, -0.15) is 5.01 Å². The zero-order chi connectivity index (χ0) is 20.5. The van der Waals surface area contributed by atoms with Crippen molar-refractivity contribution in [3.8, 4) is 0 Å². The van der Waals surface area contributed by atoms with Crippen LogP contribution in [0.1, 0.15) is 24.5 Å². The molecule has 0 spiro atoms. The van der Waals surface area contributed by atoms with Crippen LogP contribution < -0.4 is 0 Å². The van der Waals surface area contributed by atoms with E-state index in [1.807, 2.05) is 60.7 Å². The van der Waals surface area contributed by atoms with Crippen LogP contribution in [0.4, 0.5) is 0 Å². The lowest BCUT2D eigenvalue weighted by molar-refractivity contribution is -0.131. The predicted molar refractivity (Wildman–Crippen MR) is 108 cm³/mol. The first-order chi connectivity index (χ1) is 14.2. The molecule has 0 N–H and O–H groups in total. The van der Waals surface area contributed by atoms with E-state index in [1.165, 1.54) is 6.92 Å². The van der Waals surface area contributed by atoms with Crippen LogP contribution in [0.15, 0.2) is 65.9 Å². The molecule has 7 nitrogen and oxygen atoms in total. The Morgan fingerprint density at radius 1 is 1.07 bits per heavy atom. The average molecular weight is 398 g/mol. The van der Waals surface area contributed by atoms with Gasteiger partial charge in [0.1, 0.15) is 6.10 Å². The Kier molecular flexibility index (Phi) is 7.86. The van der Waals surface area contributed by atoms with Gasteiger partial charge in [0.15, 0.2) is 0 Å². The number of benzene rings is 2. The van der Waals surface area contributed by atoms with Crippen molar-refractivity contribution in [2.24, 2.45) is 5.29 Å². The molecule has 29 heavy (non-hydrogen) atoms. The molecule has 1 heterocycles. The quantitative estimate of drug-likeness (QED) is 0.452. The maximum atomic E-state index is 11.5. The molecule has 0 saturated carbocycles. The molecule has 0 aliphatic carbocycles. The third kappa shape index (κ3) is 6.45. The summed E-state index contributed by atoms with van der Waals surface area (Å²) < 4.78 is 18.0. The molecule has 0 radical (unpaired) electrons. The summed E-state index contributed by atoms with van der Waals surface area (Å²) >= 11 is 0. The summed E-state index contributed by atoms with van der Waals surface area (Å²) in [7, 11) is 0. The van der Waals surface area contributed by atoms with Gasteiger partial charge >= 0.3 is 0 Å². The smallest absolute Gasteiger partial charge is 0.242 e.